The Kier molecular flexibility index (Phi) is 7.49. The average Bonchev–Trinajstić information content (AvgIpc) is 2.68. The van der Waals surface area contributed by atoms with E-state index in [1.165, 1.54) is 18.2 Å². The molecule has 2 aromatic rings. The van der Waals surface area contributed by atoms with Gasteiger partial charge in [-0.05, 0) is 56.4 Å². The Balaban J connectivity index is 2.33. The van der Waals surface area contributed by atoms with E-state index in [0.717, 1.165) is 31.3 Å². The minimum absolute atomic E-state index is 0.134. The maximum atomic E-state index is 13.9. The minimum Gasteiger partial charge on any atom is -0.453 e. The number of ether oxygens (including phenoxy) is 1. The molecule has 0 saturated heterocycles. The molecular weight excluding hydrogens is 386 g/mol. The van der Waals surface area contributed by atoms with E-state index in [1.54, 1.807) is 0 Å². The van der Waals surface area contributed by atoms with Crippen LogP contribution in [0.15, 0.2) is 41.3 Å². The van der Waals surface area contributed by atoms with E-state index < -0.39 is 27.2 Å². The van der Waals surface area contributed by atoms with E-state index in [-0.39, 0.29) is 22.0 Å². The predicted octanol–water partition coefficient (Wildman–Crippen LogP) is 4.13. The van der Waals surface area contributed by atoms with E-state index in [4.69, 9.17) is 10.00 Å². The first-order valence-electron chi connectivity index (χ1n) is 8.92. The van der Waals surface area contributed by atoms with Crippen LogP contribution in [0.5, 0.6) is 11.5 Å². The fourth-order valence-corrected chi connectivity index (χ4v) is 4.16. The summed E-state index contributed by atoms with van der Waals surface area (Å²) in [7, 11) is -3.80. The summed E-state index contributed by atoms with van der Waals surface area (Å²) in [6.07, 6.45) is 0.397. The summed E-state index contributed by atoms with van der Waals surface area (Å²) in [5.41, 5.74) is 0.134. The molecule has 0 unspecified atom stereocenters. The average molecular weight is 408 g/mol. The van der Waals surface area contributed by atoms with Crippen molar-refractivity contribution in [3.63, 3.8) is 0 Å². The molecule has 2 aromatic carbocycles. The molecular formula is C20H22F2N2O3S. The first-order valence-corrected chi connectivity index (χ1v) is 10.6. The maximum absolute atomic E-state index is 13.9. The fourth-order valence-electron chi connectivity index (χ4n) is 2.71. The van der Waals surface area contributed by atoms with Crippen molar-refractivity contribution in [1.82, 2.24) is 4.90 Å². The molecule has 0 aliphatic carbocycles. The Hall–Kier alpha value is -2.50. The second-order valence-electron chi connectivity index (χ2n) is 6.15. The number of benzene rings is 2. The fraction of sp³-hybridized carbons (Fsp3) is 0.350. The third-order valence-corrected chi connectivity index (χ3v) is 6.12. The Morgan fingerprint density at radius 2 is 1.79 bits per heavy atom. The van der Waals surface area contributed by atoms with Crippen LogP contribution in [-0.4, -0.2) is 38.7 Å². The van der Waals surface area contributed by atoms with Gasteiger partial charge >= 0.3 is 0 Å². The minimum atomic E-state index is -3.80. The van der Waals surface area contributed by atoms with Gasteiger partial charge in [0.05, 0.1) is 17.4 Å². The van der Waals surface area contributed by atoms with E-state index in [0.29, 0.717) is 13.0 Å². The molecule has 0 aromatic heterocycles. The Bertz CT molecular complexity index is 968. The number of sulfone groups is 1. The molecule has 2 rings (SSSR count). The zero-order valence-electron chi connectivity index (χ0n) is 15.8. The van der Waals surface area contributed by atoms with Gasteiger partial charge in [-0.2, -0.15) is 5.26 Å². The highest BCUT2D eigenvalue weighted by Gasteiger charge is 2.22. The summed E-state index contributed by atoms with van der Waals surface area (Å²) in [4.78, 5) is 1.88. The molecule has 0 atom stereocenters. The van der Waals surface area contributed by atoms with Crippen LogP contribution < -0.4 is 4.74 Å². The SMILES string of the molecule is CCN(CC)CCCS(=O)(=O)c1cc(C#N)ccc1Oc1cc(F)ccc1F. The van der Waals surface area contributed by atoms with Crippen LogP contribution in [0.3, 0.4) is 0 Å². The molecule has 0 spiro atoms. The molecule has 5 nitrogen and oxygen atoms in total. The third-order valence-electron chi connectivity index (χ3n) is 4.30. The molecule has 0 bridgehead atoms. The van der Waals surface area contributed by atoms with E-state index >= 15 is 0 Å². The summed E-state index contributed by atoms with van der Waals surface area (Å²) in [5, 5.41) is 9.10. The largest absolute Gasteiger partial charge is 0.453 e. The van der Waals surface area contributed by atoms with Crippen molar-refractivity contribution in [3.05, 3.63) is 53.6 Å². The molecule has 0 amide bonds. The zero-order chi connectivity index (χ0) is 20.7. The number of nitrogens with zero attached hydrogens (tertiary/aromatic N) is 2. The van der Waals surface area contributed by atoms with Gasteiger partial charge in [0.2, 0.25) is 0 Å². The van der Waals surface area contributed by atoms with Crippen LogP contribution in [0.4, 0.5) is 8.78 Å². The van der Waals surface area contributed by atoms with Crippen molar-refractivity contribution in [1.29, 1.82) is 5.26 Å². The van der Waals surface area contributed by atoms with Gasteiger partial charge in [0.25, 0.3) is 0 Å². The van der Waals surface area contributed by atoms with E-state index in [9.17, 15) is 17.2 Å². The summed E-state index contributed by atoms with van der Waals surface area (Å²) in [6, 6.07) is 8.38. The second-order valence-corrected chi connectivity index (χ2v) is 8.23. The smallest absolute Gasteiger partial charge is 0.182 e. The van der Waals surface area contributed by atoms with Crippen LogP contribution >= 0.6 is 0 Å². The molecule has 0 fully saturated rings. The first-order chi connectivity index (χ1) is 13.3. The van der Waals surface area contributed by atoms with E-state index in [2.05, 4.69) is 4.90 Å². The topological polar surface area (TPSA) is 70.4 Å². The number of halogens is 2. The Labute approximate surface area is 164 Å². The monoisotopic (exact) mass is 408 g/mol. The number of rotatable bonds is 9. The highest BCUT2D eigenvalue weighted by atomic mass is 32.2. The van der Waals surface area contributed by atoms with Crippen molar-refractivity contribution >= 4 is 9.84 Å². The van der Waals surface area contributed by atoms with Gasteiger partial charge in [0.1, 0.15) is 16.5 Å². The molecule has 0 aliphatic heterocycles. The lowest BCUT2D eigenvalue weighted by Crippen LogP contribution is -2.25. The summed E-state index contributed by atoms with van der Waals surface area (Å²) in [6.45, 7) is 6.22. The van der Waals surface area contributed by atoms with Gasteiger partial charge in [-0.15, -0.1) is 0 Å². The van der Waals surface area contributed by atoms with Crippen molar-refractivity contribution in [2.45, 2.75) is 25.2 Å². The quantitative estimate of drug-likeness (QED) is 0.624. The van der Waals surface area contributed by atoms with Crippen LogP contribution in [-0.2, 0) is 9.84 Å². The highest BCUT2D eigenvalue weighted by molar-refractivity contribution is 7.91. The zero-order valence-corrected chi connectivity index (χ0v) is 16.6. The van der Waals surface area contributed by atoms with Gasteiger partial charge in [0.15, 0.2) is 21.4 Å². The third kappa shape index (κ3) is 5.50. The van der Waals surface area contributed by atoms with Gasteiger partial charge in [0, 0.05) is 6.07 Å². The predicted molar refractivity (Wildman–Crippen MR) is 102 cm³/mol. The van der Waals surface area contributed by atoms with Crippen molar-refractivity contribution in [3.8, 4) is 17.6 Å². The van der Waals surface area contributed by atoms with Crippen LogP contribution in [0.1, 0.15) is 25.8 Å². The highest BCUT2D eigenvalue weighted by Crippen LogP contribution is 2.32. The molecule has 0 aliphatic rings. The van der Waals surface area contributed by atoms with Gasteiger partial charge in [-0.25, -0.2) is 17.2 Å². The summed E-state index contributed by atoms with van der Waals surface area (Å²) in [5.74, 6) is -2.26. The first kappa shape index (κ1) is 21.8. The Morgan fingerprint density at radius 1 is 1.07 bits per heavy atom. The van der Waals surface area contributed by atoms with E-state index in [1.807, 2.05) is 19.9 Å². The van der Waals surface area contributed by atoms with Crippen LogP contribution in [0.25, 0.3) is 0 Å². The summed E-state index contributed by atoms with van der Waals surface area (Å²) < 4.78 is 58.4. The van der Waals surface area contributed by atoms with Crippen LogP contribution in [0.2, 0.25) is 0 Å². The lowest BCUT2D eigenvalue weighted by molar-refractivity contribution is 0.305. The van der Waals surface area contributed by atoms with Crippen LogP contribution in [0, 0.1) is 23.0 Å². The van der Waals surface area contributed by atoms with Gasteiger partial charge < -0.3 is 9.64 Å². The molecule has 28 heavy (non-hydrogen) atoms. The molecule has 0 heterocycles. The number of hydrogen-bond acceptors (Lipinski definition) is 5. The molecule has 150 valence electrons. The lowest BCUT2D eigenvalue weighted by atomic mass is 10.2. The van der Waals surface area contributed by atoms with Crippen molar-refractivity contribution in [2.75, 3.05) is 25.4 Å². The Morgan fingerprint density at radius 3 is 2.43 bits per heavy atom. The molecule has 0 N–H and O–H groups in total. The standard InChI is InChI=1S/C20H22F2N2O3S/c1-3-24(4-2)10-5-11-28(25,26)20-12-15(14-23)6-9-18(20)27-19-13-16(21)7-8-17(19)22/h6-9,12-13H,3-5,10-11H2,1-2H3. The normalized spacial score (nSPS) is 11.4. The lowest BCUT2D eigenvalue weighted by Gasteiger charge is -2.18. The molecule has 0 saturated carbocycles. The maximum Gasteiger partial charge on any atom is 0.182 e. The summed E-state index contributed by atoms with van der Waals surface area (Å²) >= 11 is 0. The van der Waals surface area contributed by atoms with Gasteiger partial charge in [-0.1, -0.05) is 13.8 Å². The number of nitriles is 1. The van der Waals surface area contributed by atoms with Gasteiger partial charge in [-0.3, -0.25) is 0 Å². The number of hydrogen-bond donors (Lipinski definition) is 0. The van der Waals surface area contributed by atoms with Crippen molar-refractivity contribution in [2.24, 2.45) is 0 Å². The second kappa shape index (κ2) is 9.62. The molecule has 8 heteroatoms. The van der Waals surface area contributed by atoms with Crippen molar-refractivity contribution < 1.29 is 21.9 Å². The molecule has 0 radical (unpaired) electrons.